The summed E-state index contributed by atoms with van der Waals surface area (Å²) in [6.07, 6.45) is 1.01. The summed E-state index contributed by atoms with van der Waals surface area (Å²) >= 11 is 0. The first-order valence-corrected chi connectivity index (χ1v) is 9.41. The Balaban J connectivity index is 2.06. The number of benzene rings is 2. The van der Waals surface area contributed by atoms with Gasteiger partial charge in [-0.3, -0.25) is 4.79 Å². The van der Waals surface area contributed by atoms with Gasteiger partial charge in [-0.2, -0.15) is 0 Å². The topological polar surface area (TPSA) is 89.5 Å². The summed E-state index contributed by atoms with van der Waals surface area (Å²) in [5, 5.41) is 2.67. The van der Waals surface area contributed by atoms with Crippen LogP contribution >= 0.6 is 0 Å². The van der Waals surface area contributed by atoms with Crippen molar-refractivity contribution < 1.29 is 22.7 Å². The lowest BCUT2D eigenvalue weighted by Gasteiger charge is -2.11. The molecule has 7 heteroatoms. The molecule has 0 aromatic heterocycles. The lowest BCUT2D eigenvalue weighted by Crippen LogP contribution is -2.22. The molecule has 2 aromatic carbocycles. The maximum absolute atomic E-state index is 12.1. The second kappa shape index (κ2) is 7.48. The van der Waals surface area contributed by atoms with Gasteiger partial charge in [0.25, 0.3) is 5.91 Å². The van der Waals surface area contributed by atoms with Gasteiger partial charge in [-0.05, 0) is 43.2 Å². The molecule has 2 rings (SSSR count). The van der Waals surface area contributed by atoms with Gasteiger partial charge in [0.05, 0.1) is 10.5 Å². The Kier molecular flexibility index (Phi) is 5.58. The van der Waals surface area contributed by atoms with Crippen LogP contribution in [0.1, 0.15) is 21.5 Å². The highest BCUT2D eigenvalue weighted by molar-refractivity contribution is 7.90. The summed E-state index contributed by atoms with van der Waals surface area (Å²) in [6.45, 7) is 3.29. The number of nitrogens with one attached hydrogen (secondary N) is 1. The van der Waals surface area contributed by atoms with Gasteiger partial charge in [0, 0.05) is 11.9 Å². The summed E-state index contributed by atoms with van der Waals surface area (Å²) < 4.78 is 28.4. The molecule has 0 saturated carbocycles. The lowest BCUT2D eigenvalue weighted by molar-refractivity contribution is -0.119. The Bertz CT molecular complexity index is 919. The van der Waals surface area contributed by atoms with E-state index < -0.39 is 28.3 Å². The summed E-state index contributed by atoms with van der Waals surface area (Å²) in [4.78, 5) is 24.0. The van der Waals surface area contributed by atoms with Crippen LogP contribution < -0.4 is 5.32 Å². The number of ether oxygens (including phenoxy) is 1. The third-order valence-electron chi connectivity index (χ3n) is 3.72. The fraction of sp³-hybridized carbons (Fsp3) is 0.222. The Morgan fingerprint density at radius 2 is 1.72 bits per heavy atom. The van der Waals surface area contributed by atoms with Gasteiger partial charge in [-0.25, -0.2) is 13.2 Å². The number of aryl methyl sites for hydroxylation is 1. The van der Waals surface area contributed by atoms with Gasteiger partial charge < -0.3 is 10.1 Å². The Hall–Kier alpha value is -2.67. The maximum atomic E-state index is 12.1. The summed E-state index contributed by atoms with van der Waals surface area (Å²) in [7, 11) is -3.58. The minimum atomic E-state index is -3.58. The van der Waals surface area contributed by atoms with E-state index in [2.05, 4.69) is 5.32 Å². The average Bonchev–Trinajstić information content (AvgIpc) is 2.56. The van der Waals surface area contributed by atoms with Crippen molar-refractivity contribution in [1.29, 1.82) is 0 Å². The van der Waals surface area contributed by atoms with E-state index in [4.69, 9.17) is 4.74 Å². The quantitative estimate of drug-likeness (QED) is 0.827. The maximum Gasteiger partial charge on any atom is 0.339 e. The van der Waals surface area contributed by atoms with Crippen LogP contribution in [0.15, 0.2) is 47.4 Å². The fourth-order valence-electron chi connectivity index (χ4n) is 2.24. The van der Waals surface area contributed by atoms with Gasteiger partial charge in [-0.1, -0.05) is 24.3 Å². The molecule has 0 spiro atoms. The van der Waals surface area contributed by atoms with E-state index in [1.165, 1.54) is 24.3 Å². The SMILES string of the molecule is Cc1cccc(NC(=O)COC(=O)c2ccccc2S(C)(=O)=O)c1C. The number of rotatable bonds is 5. The minimum absolute atomic E-state index is 0.0930. The largest absolute Gasteiger partial charge is 0.452 e. The van der Waals surface area contributed by atoms with E-state index in [0.717, 1.165) is 17.4 Å². The molecule has 0 heterocycles. The zero-order chi connectivity index (χ0) is 18.6. The molecular weight excluding hydrogens is 342 g/mol. The molecule has 132 valence electrons. The highest BCUT2D eigenvalue weighted by Gasteiger charge is 2.20. The monoisotopic (exact) mass is 361 g/mol. The number of hydrogen-bond donors (Lipinski definition) is 1. The normalized spacial score (nSPS) is 11.0. The number of esters is 1. The van der Waals surface area contributed by atoms with Crippen LogP contribution in [0.2, 0.25) is 0 Å². The summed E-state index contributed by atoms with van der Waals surface area (Å²) in [6, 6.07) is 11.2. The predicted molar refractivity (Wildman–Crippen MR) is 94.4 cm³/mol. The number of amides is 1. The van der Waals surface area contributed by atoms with Gasteiger partial charge in [-0.15, -0.1) is 0 Å². The molecule has 1 amide bonds. The summed E-state index contributed by atoms with van der Waals surface area (Å²) in [5.74, 6) is -1.36. The van der Waals surface area contributed by atoms with Gasteiger partial charge in [0.1, 0.15) is 0 Å². The number of anilines is 1. The molecule has 0 bridgehead atoms. The third-order valence-corrected chi connectivity index (χ3v) is 4.87. The first kappa shape index (κ1) is 18.7. The fourth-order valence-corrected chi connectivity index (χ4v) is 3.12. The first-order chi connectivity index (χ1) is 11.7. The first-order valence-electron chi connectivity index (χ1n) is 7.52. The van der Waals surface area contributed by atoms with E-state index in [-0.39, 0.29) is 10.5 Å². The van der Waals surface area contributed by atoms with Gasteiger partial charge in [0.2, 0.25) is 0 Å². The Morgan fingerprint density at radius 3 is 2.40 bits per heavy atom. The van der Waals surface area contributed by atoms with E-state index >= 15 is 0 Å². The van der Waals surface area contributed by atoms with Crippen molar-refractivity contribution in [1.82, 2.24) is 0 Å². The minimum Gasteiger partial charge on any atom is -0.452 e. The van der Waals surface area contributed by atoms with E-state index in [1.807, 2.05) is 26.0 Å². The molecule has 25 heavy (non-hydrogen) atoms. The average molecular weight is 361 g/mol. The smallest absolute Gasteiger partial charge is 0.339 e. The number of hydrogen-bond acceptors (Lipinski definition) is 5. The van der Waals surface area contributed by atoms with Crippen LogP contribution in [0.25, 0.3) is 0 Å². The number of carbonyl (C=O) groups excluding carboxylic acids is 2. The molecule has 0 unspecified atom stereocenters. The summed E-state index contributed by atoms with van der Waals surface area (Å²) in [5.41, 5.74) is 2.49. The van der Waals surface area contributed by atoms with Crippen molar-refractivity contribution in [3.63, 3.8) is 0 Å². The van der Waals surface area contributed by atoms with Gasteiger partial charge in [0.15, 0.2) is 16.4 Å². The second-order valence-corrected chi connectivity index (χ2v) is 7.62. The van der Waals surface area contributed by atoms with Crippen molar-refractivity contribution in [2.45, 2.75) is 18.7 Å². The zero-order valence-electron chi connectivity index (χ0n) is 14.2. The van der Waals surface area contributed by atoms with E-state index in [9.17, 15) is 18.0 Å². The molecular formula is C18H19NO5S. The lowest BCUT2D eigenvalue weighted by atomic mass is 10.1. The highest BCUT2D eigenvalue weighted by atomic mass is 32.2. The van der Waals surface area contributed by atoms with E-state index in [0.29, 0.717) is 5.69 Å². The van der Waals surface area contributed by atoms with Crippen molar-refractivity contribution >= 4 is 27.4 Å². The van der Waals surface area contributed by atoms with Gasteiger partial charge >= 0.3 is 5.97 Å². The molecule has 0 saturated heterocycles. The molecule has 0 fully saturated rings. The van der Waals surface area contributed by atoms with Crippen molar-refractivity contribution in [2.24, 2.45) is 0 Å². The number of carbonyl (C=O) groups is 2. The van der Waals surface area contributed by atoms with E-state index in [1.54, 1.807) is 6.07 Å². The number of sulfone groups is 1. The molecule has 2 aromatic rings. The van der Waals surface area contributed by atoms with Crippen LogP contribution in [0.4, 0.5) is 5.69 Å². The molecule has 0 aliphatic carbocycles. The molecule has 6 nitrogen and oxygen atoms in total. The molecule has 0 atom stereocenters. The van der Waals surface area contributed by atoms with Crippen LogP contribution in [0.5, 0.6) is 0 Å². The molecule has 0 aliphatic heterocycles. The van der Waals surface area contributed by atoms with Crippen molar-refractivity contribution in [3.05, 3.63) is 59.2 Å². The second-order valence-electron chi connectivity index (χ2n) is 5.64. The molecule has 0 radical (unpaired) electrons. The Labute approximate surface area is 146 Å². The Morgan fingerprint density at radius 1 is 1.04 bits per heavy atom. The molecule has 0 aliphatic rings. The van der Waals surface area contributed by atoms with Crippen molar-refractivity contribution in [2.75, 3.05) is 18.2 Å². The predicted octanol–water partition coefficient (Wildman–Crippen LogP) is 2.50. The van der Waals surface area contributed by atoms with Crippen LogP contribution in [0.3, 0.4) is 0 Å². The van der Waals surface area contributed by atoms with Crippen LogP contribution in [-0.4, -0.2) is 33.2 Å². The molecule has 1 N–H and O–H groups in total. The highest BCUT2D eigenvalue weighted by Crippen LogP contribution is 2.18. The third kappa shape index (κ3) is 4.67. The van der Waals surface area contributed by atoms with Crippen LogP contribution in [-0.2, 0) is 19.4 Å². The van der Waals surface area contributed by atoms with Crippen molar-refractivity contribution in [3.8, 4) is 0 Å². The van der Waals surface area contributed by atoms with Crippen LogP contribution in [0, 0.1) is 13.8 Å². The standard InChI is InChI=1S/C18H19NO5S/c1-12-7-6-9-15(13(12)2)19-17(20)11-24-18(21)14-8-4-5-10-16(14)25(3,22)23/h4-10H,11H2,1-3H3,(H,19,20). The zero-order valence-corrected chi connectivity index (χ0v) is 15.0.